The second-order valence-electron chi connectivity index (χ2n) is 4.80. The number of rotatable bonds is 8. The van der Waals surface area contributed by atoms with Crippen LogP contribution in [0.5, 0.6) is 0 Å². The average molecular weight is 294 g/mol. The fourth-order valence-electron chi connectivity index (χ4n) is 2.09. The second kappa shape index (κ2) is 8.03. The van der Waals surface area contributed by atoms with Gasteiger partial charge in [-0.25, -0.2) is 8.42 Å². The second-order valence-corrected chi connectivity index (χ2v) is 6.91. The zero-order valence-electron chi connectivity index (χ0n) is 12.2. The maximum atomic E-state index is 12.3. The molecule has 0 radical (unpaired) electrons. The number of benzene rings is 1. The van der Waals surface area contributed by atoms with E-state index < -0.39 is 9.84 Å². The van der Waals surface area contributed by atoms with Crippen molar-refractivity contribution in [1.29, 1.82) is 5.26 Å². The average Bonchev–Trinajstić information content (AvgIpc) is 2.45. The summed E-state index contributed by atoms with van der Waals surface area (Å²) in [7, 11) is -3.32. The van der Waals surface area contributed by atoms with E-state index in [1.165, 1.54) is 6.07 Å². The largest absolute Gasteiger partial charge is 0.302 e. The molecule has 0 spiro atoms. The smallest absolute Gasteiger partial charge is 0.179 e. The molecule has 0 fully saturated rings. The van der Waals surface area contributed by atoms with E-state index in [9.17, 15) is 8.42 Å². The molecule has 0 aromatic heterocycles. The highest BCUT2D eigenvalue weighted by atomic mass is 32.2. The number of sulfone groups is 1. The molecule has 0 unspecified atom stereocenters. The molecule has 5 heteroatoms. The lowest BCUT2D eigenvalue weighted by molar-refractivity contribution is 0.290. The topological polar surface area (TPSA) is 61.2 Å². The molecule has 0 saturated heterocycles. The van der Waals surface area contributed by atoms with Crippen LogP contribution in [0.3, 0.4) is 0 Å². The van der Waals surface area contributed by atoms with Crippen LogP contribution in [0.15, 0.2) is 29.2 Å². The minimum Gasteiger partial charge on any atom is -0.302 e. The Bertz CT molecular complexity index is 555. The summed E-state index contributed by atoms with van der Waals surface area (Å²) >= 11 is 0. The van der Waals surface area contributed by atoms with Crippen molar-refractivity contribution in [2.45, 2.75) is 31.6 Å². The van der Waals surface area contributed by atoms with Crippen LogP contribution >= 0.6 is 0 Å². The SMILES string of the molecule is CCCN(CCC)CCS(=O)(=O)c1cccc(C#N)c1. The summed E-state index contributed by atoms with van der Waals surface area (Å²) < 4.78 is 24.6. The van der Waals surface area contributed by atoms with Gasteiger partial charge in [0.2, 0.25) is 0 Å². The van der Waals surface area contributed by atoms with Crippen LogP contribution in [0.1, 0.15) is 32.3 Å². The van der Waals surface area contributed by atoms with E-state index in [2.05, 4.69) is 18.7 Å². The quantitative estimate of drug-likeness (QED) is 0.739. The zero-order valence-corrected chi connectivity index (χ0v) is 13.0. The molecule has 20 heavy (non-hydrogen) atoms. The molecular weight excluding hydrogens is 272 g/mol. The Morgan fingerprint density at radius 3 is 2.35 bits per heavy atom. The van der Waals surface area contributed by atoms with Crippen LogP contribution in [0.2, 0.25) is 0 Å². The Morgan fingerprint density at radius 2 is 1.80 bits per heavy atom. The third kappa shape index (κ3) is 4.95. The zero-order chi connectivity index (χ0) is 15.0. The molecule has 0 saturated carbocycles. The fraction of sp³-hybridized carbons (Fsp3) is 0.533. The van der Waals surface area contributed by atoms with Gasteiger partial charge in [-0.2, -0.15) is 5.26 Å². The number of nitriles is 1. The molecule has 0 N–H and O–H groups in total. The minimum atomic E-state index is -3.32. The van der Waals surface area contributed by atoms with E-state index in [4.69, 9.17) is 5.26 Å². The highest BCUT2D eigenvalue weighted by Gasteiger charge is 2.16. The third-order valence-corrected chi connectivity index (χ3v) is 4.77. The monoisotopic (exact) mass is 294 g/mol. The van der Waals surface area contributed by atoms with Gasteiger partial charge in [-0.3, -0.25) is 0 Å². The maximum Gasteiger partial charge on any atom is 0.179 e. The third-order valence-electron chi connectivity index (χ3n) is 3.08. The van der Waals surface area contributed by atoms with Gasteiger partial charge in [0.1, 0.15) is 0 Å². The predicted octanol–water partition coefficient (Wildman–Crippen LogP) is 2.45. The first-order valence-electron chi connectivity index (χ1n) is 6.98. The van der Waals surface area contributed by atoms with Gasteiger partial charge in [0, 0.05) is 6.54 Å². The highest BCUT2D eigenvalue weighted by molar-refractivity contribution is 7.91. The molecule has 0 heterocycles. The summed E-state index contributed by atoms with van der Waals surface area (Å²) in [5.41, 5.74) is 0.380. The van der Waals surface area contributed by atoms with Crippen LogP contribution in [0, 0.1) is 11.3 Å². The molecule has 1 rings (SSSR count). The first-order valence-corrected chi connectivity index (χ1v) is 8.64. The Kier molecular flexibility index (Phi) is 6.69. The van der Waals surface area contributed by atoms with Crippen molar-refractivity contribution in [2.24, 2.45) is 0 Å². The molecule has 0 atom stereocenters. The lowest BCUT2D eigenvalue weighted by Gasteiger charge is -2.20. The van der Waals surface area contributed by atoms with Crippen molar-refractivity contribution in [1.82, 2.24) is 4.90 Å². The van der Waals surface area contributed by atoms with Crippen LogP contribution < -0.4 is 0 Å². The van der Waals surface area contributed by atoms with Gasteiger partial charge in [0.15, 0.2) is 9.84 Å². The number of hydrogen-bond acceptors (Lipinski definition) is 4. The van der Waals surface area contributed by atoms with E-state index in [0.29, 0.717) is 12.1 Å². The van der Waals surface area contributed by atoms with Gasteiger partial charge in [-0.15, -0.1) is 0 Å². The summed E-state index contributed by atoms with van der Waals surface area (Å²) in [6.07, 6.45) is 2.04. The fourth-order valence-corrected chi connectivity index (χ4v) is 3.42. The Hall–Kier alpha value is -1.38. The van der Waals surface area contributed by atoms with E-state index in [0.717, 1.165) is 25.9 Å². The first-order chi connectivity index (χ1) is 9.53. The van der Waals surface area contributed by atoms with Gasteiger partial charge in [0.05, 0.1) is 22.3 Å². The lowest BCUT2D eigenvalue weighted by atomic mass is 10.2. The van der Waals surface area contributed by atoms with E-state index in [-0.39, 0.29) is 10.6 Å². The molecule has 0 aliphatic carbocycles. The van der Waals surface area contributed by atoms with Crippen molar-refractivity contribution in [3.05, 3.63) is 29.8 Å². The van der Waals surface area contributed by atoms with Gasteiger partial charge >= 0.3 is 0 Å². The van der Waals surface area contributed by atoms with Crippen LogP contribution in [-0.2, 0) is 9.84 Å². The Labute approximate surface area is 121 Å². The van der Waals surface area contributed by atoms with Crippen molar-refractivity contribution < 1.29 is 8.42 Å². The van der Waals surface area contributed by atoms with Gasteiger partial charge < -0.3 is 4.90 Å². The normalized spacial score (nSPS) is 11.5. The minimum absolute atomic E-state index is 0.0991. The highest BCUT2D eigenvalue weighted by Crippen LogP contribution is 2.13. The van der Waals surface area contributed by atoms with E-state index >= 15 is 0 Å². The van der Waals surface area contributed by atoms with Crippen LogP contribution in [-0.4, -0.2) is 38.7 Å². The van der Waals surface area contributed by atoms with Crippen molar-refractivity contribution in [3.8, 4) is 6.07 Å². The number of hydrogen-bond donors (Lipinski definition) is 0. The van der Waals surface area contributed by atoms with Gasteiger partial charge in [0.25, 0.3) is 0 Å². The molecule has 110 valence electrons. The predicted molar refractivity (Wildman–Crippen MR) is 80.2 cm³/mol. The summed E-state index contributed by atoms with van der Waals surface area (Å²) in [4.78, 5) is 2.41. The molecule has 0 aliphatic rings. The molecule has 0 bridgehead atoms. The van der Waals surface area contributed by atoms with Crippen LogP contribution in [0.4, 0.5) is 0 Å². The van der Waals surface area contributed by atoms with Gasteiger partial charge in [-0.05, 0) is 44.1 Å². The molecule has 1 aromatic rings. The summed E-state index contributed by atoms with van der Waals surface area (Å²) in [6.45, 7) is 6.56. The van der Waals surface area contributed by atoms with Crippen LogP contribution in [0.25, 0.3) is 0 Å². The Morgan fingerprint density at radius 1 is 1.15 bits per heavy atom. The van der Waals surface area contributed by atoms with Crippen molar-refractivity contribution in [2.75, 3.05) is 25.4 Å². The molecule has 4 nitrogen and oxygen atoms in total. The lowest BCUT2D eigenvalue weighted by Crippen LogP contribution is -2.31. The van der Waals surface area contributed by atoms with E-state index in [1.54, 1.807) is 18.2 Å². The Balaban J connectivity index is 2.76. The molecular formula is C15H22N2O2S. The van der Waals surface area contributed by atoms with Crippen molar-refractivity contribution >= 4 is 9.84 Å². The summed E-state index contributed by atoms with van der Waals surface area (Å²) in [6, 6.07) is 8.19. The standard InChI is InChI=1S/C15H22N2O2S/c1-3-8-17(9-4-2)10-11-20(18,19)15-7-5-6-14(12-15)13-16/h5-7,12H,3-4,8-11H2,1-2H3. The van der Waals surface area contributed by atoms with E-state index in [1.807, 2.05) is 6.07 Å². The molecule has 0 amide bonds. The summed E-state index contributed by atoms with van der Waals surface area (Å²) in [5.74, 6) is 0.0991. The first kappa shape index (κ1) is 16.7. The summed E-state index contributed by atoms with van der Waals surface area (Å²) in [5, 5.41) is 8.83. The molecule has 1 aromatic carbocycles. The maximum absolute atomic E-state index is 12.3. The van der Waals surface area contributed by atoms with Crippen molar-refractivity contribution in [3.63, 3.8) is 0 Å². The molecule has 0 aliphatic heterocycles. The number of nitrogens with zero attached hydrogens (tertiary/aromatic N) is 2. The van der Waals surface area contributed by atoms with Gasteiger partial charge in [-0.1, -0.05) is 19.9 Å².